The zero-order valence-corrected chi connectivity index (χ0v) is 11.1. The Hall–Kier alpha value is -1.41. The maximum atomic E-state index is 12.4. The van der Waals surface area contributed by atoms with E-state index in [1.807, 2.05) is 6.92 Å². The van der Waals surface area contributed by atoms with Crippen LogP contribution in [0.5, 0.6) is 0 Å². The van der Waals surface area contributed by atoms with Crippen LogP contribution in [0.4, 0.5) is 0 Å². The lowest BCUT2D eigenvalue weighted by Crippen LogP contribution is -2.43. The van der Waals surface area contributed by atoms with Crippen LogP contribution in [-0.2, 0) is 17.1 Å². The van der Waals surface area contributed by atoms with Crippen LogP contribution in [0, 0.1) is 5.92 Å². The normalized spacial score (nSPS) is 24.6. The summed E-state index contributed by atoms with van der Waals surface area (Å²) in [6.07, 6.45) is 1.91. The number of hydrogen-bond acceptors (Lipinski definition) is 5. The molecule has 1 aliphatic rings. The van der Waals surface area contributed by atoms with E-state index in [9.17, 15) is 8.42 Å². The number of hydrogen-bond donors (Lipinski definition) is 1. The molecule has 0 amide bonds. The largest absolute Gasteiger partial charge is 0.411 e. The maximum Gasteiger partial charge on any atom is 0.260 e. The molecule has 100 valence electrons. The first-order valence-corrected chi connectivity index (χ1v) is 7.10. The molecular formula is C10H16N4O3S. The molecule has 1 aromatic rings. The Labute approximate surface area is 106 Å². The van der Waals surface area contributed by atoms with Crippen LogP contribution in [-0.4, -0.2) is 46.5 Å². The van der Waals surface area contributed by atoms with Crippen molar-refractivity contribution >= 4 is 15.7 Å². The summed E-state index contributed by atoms with van der Waals surface area (Å²) in [4.78, 5) is 0. The number of piperidine rings is 1. The number of aryl methyl sites for hydroxylation is 1. The van der Waals surface area contributed by atoms with Gasteiger partial charge in [-0.15, -0.1) is 0 Å². The summed E-state index contributed by atoms with van der Waals surface area (Å²) >= 11 is 0. The highest BCUT2D eigenvalue weighted by Crippen LogP contribution is 2.21. The molecule has 1 unspecified atom stereocenters. The molecule has 0 aliphatic carbocycles. The molecule has 2 rings (SSSR count). The lowest BCUT2D eigenvalue weighted by Gasteiger charge is -2.30. The number of aromatic nitrogens is 2. The molecule has 0 saturated carbocycles. The van der Waals surface area contributed by atoms with E-state index in [1.54, 1.807) is 7.05 Å². The van der Waals surface area contributed by atoms with Gasteiger partial charge in [0, 0.05) is 32.5 Å². The lowest BCUT2D eigenvalue weighted by molar-refractivity contribution is 0.300. The van der Waals surface area contributed by atoms with Crippen LogP contribution < -0.4 is 0 Å². The second kappa shape index (κ2) is 4.69. The lowest BCUT2D eigenvalue weighted by atomic mass is 10.00. The third-order valence-corrected chi connectivity index (χ3v) is 5.11. The second-order valence-corrected chi connectivity index (χ2v) is 6.28. The summed E-state index contributed by atoms with van der Waals surface area (Å²) in [5, 5.41) is 16.0. The summed E-state index contributed by atoms with van der Waals surface area (Å²) in [6, 6.07) is 1.48. The van der Waals surface area contributed by atoms with Crippen LogP contribution in [0.1, 0.15) is 13.3 Å². The molecule has 1 atom stereocenters. The Kier molecular flexibility index (Phi) is 3.40. The van der Waals surface area contributed by atoms with Crippen molar-refractivity contribution in [1.29, 1.82) is 0 Å². The van der Waals surface area contributed by atoms with Crippen molar-refractivity contribution in [3.8, 4) is 0 Å². The zero-order valence-electron chi connectivity index (χ0n) is 10.3. The third kappa shape index (κ3) is 2.13. The van der Waals surface area contributed by atoms with E-state index in [2.05, 4.69) is 10.3 Å². The van der Waals surface area contributed by atoms with Crippen LogP contribution in [0.2, 0.25) is 0 Å². The van der Waals surface area contributed by atoms with Crippen molar-refractivity contribution in [2.75, 3.05) is 13.1 Å². The minimum absolute atomic E-state index is 0.0771. The predicted octanol–water partition coefficient (Wildman–Crippen LogP) is 0.281. The van der Waals surface area contributed by atoms with E-state index in [0.717, 1.165) is 0 Å². The summed E-state index contributed by atoms with van der Waals surface area (Å²) in [6.45, 7) is 2.50. The molecule has 1 aromatic heterocycles. The zero-order chi connectivity index (χ0) is 13.3. The van der Waals surface area contributed by atoms with Gasteiger partial charge >= 0.3 is 0 Å². The van der Waals surface area contributed by atoms with Gasteiger partial charge in [-0.05, 0) is 6.07 Å². The molecule has 0 bridgehead atoms. The van der Waals surface area contributed by atoms with Gasteiger partial charge in [-0.3, -0.25) is 4.68 Å². The molecule has 2 heterocycles. The van der Waals surface area contributed by atoms with Crippen molar-refractivity contribution in [2.24, 2.45) is 18.1 Å². The summed E-state index contributed by atoms with van der Waals surface area (Å²) in [5.74, 6) is -0.0771. The fraction of sp³-hybridized carbons (Fsp3) is 0.600. The molecule has 0 aromatic carbocycles. The Morgan fingerprint density at radius 3 is 2.78 bits per heavy atom. The molecule has 0 radical (unpaired) electrons. The molecule has 18 heavy (non-hydrogen) atoms. The van der Waals surface area contributed by atoms with E-state index >= 15 is 0 Å². The molecule has 0 spiro atoms. The Morgan fingerprint density at radius 1 is 1.56 bits per heavy atom. The Bertz CT molecular complexity index is 563. The Balaban J connectivity index is 2.26. The number of oxime groups is 1. The minimum Gasteiger partial charge on any atom is -0.411 e. The Morgan fingerprint density at radius 2 is 2.28 bits per heavy atom. The fourth-order valence-corrected chi connectivity index (χ4v) is 3.73. The topological polar surface area (TPSA) is 87.8 Å². The average Bonchev–Trinajstić information content (AvgIpc) is 2.76. The van der Waals surface area contributed by atoms with Gasteiger partial charge in [0.05, 0.1) is 11.9 Å². The van der Waals surface area contributed by atoms with Gasteiger partial charge in [0.25, 0.3) is 10.0 Å². The highest BCUT2D eigenvalue weighted by molar-refractivity contribution is 7.89. The van der Waals surface area contributed by atoms with Crippen molar-refractivity contribution in [1.82, 2.24) is 14.1 Å². The van der Waals surface area contributed by atoms with Crippen LogP contribution in [0.15, 0.2) is 22.4 Å². The number of sulfonamides is 1. The standard InChI is InChI=1S/C10H16N4O3S/c1-8-7-14(6-4-9(8)12-15)18(16,17)10-3-5-11-13(10)2/h3,5,8,15H,4,6-7H2,1-2H3. The first-order valence-electron chi connectivity index (χ1n) is 5.65. The third-order valence-electron chi connectivity index (χ3n) is 3.17. The SMILES string of the molecule is CC1CN(S(=O)(=O)c2ccnn2C)CCC1=NO. The monoisotopic (exact) mass is 272 g/mol. The van der Waals surface area contributed by atoms with Crippen molar-refractivity contribution in [3.63, 3.8) is 0 Å². The molecule has 8 heteroatoms. The number of rotatable bonds is 2. The predicted molar refractivity (Wildman–Crippen MR) is 65.0 cm³/mol. The second-order valence-electron chi connectivity index (χ2n) is 4.40. The first kappa shape index (κ1) is 13.0. The van der Waals surface area contributed by atoms with E-state index in [1.165, 1.54) is 21.3 Å². The highest BCUT2D eigenvalue weighted by Gasteiger charge is 2.33. The molecule has 1 fully saturated rings. The maximum absolute atomic E-state index is 12.4. The van der Waals surface area contributed by atoms with Gasteiger partial charge in [-0.2, -0.15) is 9.40 Å². The van der Waals surface area contributed by atoms with E-state index in [0.29, 0.717) is 25.2 Å². The van der Waals surface area contributed by atoms with Gasteiger partial charge in [0.15, 0.2) is 5.03 Å². The number of nitrogens with zero attached hydrogens (tertiary/aromatic N) is 4. The smallest absolute Gasteiger partial charge is 0.260 e. The van der Waals surface area contributed by atoms with Gasteiger partial charge in [0.1, 0.15) is 0 Å². The molecular weight excluding hydrogens is 256 g/mol. The first-order chi connectivity index (χ1) is 8.46. The molecule has 7 nitrogen and oxygen atoms in total. The van der Waals surface area contributed by atoms with Crippen LogP contribution in [0.3, 0.4) is 0 Å². The van der Waals surface area contributed by atoms with Gasteiger partial charge in [0.2, 0.25) is 0 Å². The van der Waals surface area contributed by atoms with Gasteiger partial charge in [-0.1, -0.05) is 12.1 Å². The highest BCUT2D eigenvalue weighted by atomic mass is 32.2. The molecule has 1 saturated heterocycles. The van der Waals surface area contributed by atoms with Crippen molar-refractivity contribution in [2.45, 2.75) is 18.4 Å². The van der Waals surface area contributed by atoms with Crippen molar-refractivity contribution in [3.05, 3.63) is 12.3 Å². The van der Waals surface area contributed by atoms with E-state index in [4.69, 9.17) is 5.21 Å². The van der Waals surface area contributed by atoms with Gasteiger partial charge < -0.3 is 5.21 Å². The summed E-state index contributed by atoms with van der Waals surface area (Å²) in [7, 11) is -1.92. The summed E-state index contributed by atoms with van der Waals surface area (Å²) in [5.41, 5.74) is 0.645. The minimum atomic E-state index is -3.52. The summed E-state index contributed by atoms with van der Waals surface area (Å²) < 4.78 is 27.5. The fourth-order valence-electron chi connectivity index (χ4n) is 2.10. The average molecular weight is 272 g/mol. The molecule has 1 N–H and O–H groups in total. The van der Waals surface area contributed by atoms with E-state index in [-0.39, 0.29) is 10.9 Å². The van der Waals surface area contributed by atoms with Crippen molar-refractivity contribution < 1.29 is 13.6 Å². The molecule has 1 aliphatic heterocycles. The van der Waals surface area contributed by atoms with Gasteiger partial charge in [-0.25, -0.2) is 8.42 Å². The van der Waals surface area contributed by atoms with Crippen LogP contribution in [0.25, 0.3) is 0 Å². The van der Waals surface area contributed by atoms with E-state index < -0.39 is 10.0 Å². The van der Waals surface area contributed by atoms with Crippen LogP contribution >= 0.6 is 0 Å². The quantitative estimate of drug-likeness (QED) is 0.619.